The van der Waals surface area contributed by atoms with E-state index in [4.69, 9.17) is 4.42 Å². The Morgan fingerprint density at radius 1 is 1.20 bits per heavy atom. The highest BCUT2D eigenvalue weighted by Gasteiger charge is 2.40. The van der Waals surface area contributed by atoms with Crippen LogP contribution in [0, 0.1) is 6.92 Å². The molecule has 2 amide bonds. The second kappa shape index (κ2) is 4.96. The molecule has 1 aliphatic rings. The Morgan fingerprint density at radius 2 is 1.95 bits per heavy atom. The molecule has 4 heteroatoms. The molecule has 0 spiro atoms. The molecule has 1 aliphatic heterocycles. The first-order valence-corrected chi connectivity index (χ1v) is 6.59. The van der Waals surface area contributed by atoms with Crippen molar-refractivity contribution in [2.45, 2.75) is 25.8 Å². The molecule has 1 saturated heterocycles. The van der Waals surface area contributed by atoms with Gasteiger partial charge in [-0.2, -0.15) is 0 Å². The maximum absolute atomic E-state index is 12.4. The standard InChI is InChI=1S/C16H15NO3/c1-11-13(7-8-20-11)14-9-15(18)17(16(14)19)10-12-5-3-2-4-6-12/h2-8,14H,9-10H2,1H3/t14-/m0/s1. The molecule has 0 radical (unpaired) electrons. The lowest BCUT2D eigenvalue weighted by Gasteiger charge is -2.14. The predicted octanol–water partition coefficient (Wildman–Crippen LogP) is 2.63. The molecule has 4 nitrogen and oxygen atoms in total. The number of benzene rings is 1. The van der Waals surface area contributed by atoms with E-state index >= 15 is 0 Å². The Labute approximate surface area is 117 Å². The van der Waals surface area contributed by atoms with Gasteiger partial charge in [0.15, 0.2) is 0 Å². The van der Waals surface area contributed by atoms with Gasteiger partial charge in [-0.25, -0.2) is 0 Å². The highest BCUT2D eigenvalue weighted by molar-refractivity contribution is 6.06. The number of imide groups is 1. The zero-order valence-electron chi connectivity index (χ0n) is 11.2. The normalized spacial score (nSPS) is 18.9. The molecular formula is C16H15NO3. The number of nitrogens with zero attached hydrogens (tertiary/aromatic N) is 1. The van der Waals surface area contributed by atoms with Crippen molar-refractivity contribution in [1.82, 2.24) is 4.90 Å². The third-order valence-corrected chi connectivity index (χ3v) is 3.70. The van der Waals surface area contributed by atoms with E-state index in [1.165, 1.54) is 4.90 Å². The average molecular weight is 269 g/mol. The van der Waals surface area contributed by atoms with Crippen molar-refractivity contribution < 1.29 is 14.0 Å². The fourth-order valence-corrected chi connectivity index (χ4v) is 2.61. The lowest BCUT2D eigenvalue weighted by Crippen LogP contribution is -2.29. The summed E-state index contributed by atoms with van der Waals surface area (Å²) in [4.78, 5) is 25.9. The number of rotatable bonds is 3. The highest BCUT2D eigenvalue weighted by atomic mass is 16.3. The molecule has 3 rings (SSSR count). The predicted molar refractivity (Wildman–Crippen MR) is 72.8 cm³/mol. The second-order valence-corrected chi connectivity index (χ2v) is 4.99. The van der Waals surface area contributed by atoms with Crippen LogP contribution in [0.25, 0.3) is 0 Å². The lowest BCUT2D eigenvalue weighted by atomic mass is 9.98. The first-order chi connectivity index (χ1) is 9.66. The Bertz CT molecular complexity index is 645. The van der Waals surface area contributed by atoms with Gasteiger partial charge in [0.25, 0.3) is 0 Å². The molecule has 20 heavy (non-hydrogen) atoms. The van der Waals surface area contributed by atoms with E-state index in [0.717, 1.165) is 11.1 Å². The van der Waals surface area contributed by atoms with Crippen LogP contribution < -0.4 is 0 Å². The van der Waals surface area contributed by atoms with Crippen LogP contribution in [0.15, 0.2) is 47.1 Å². The maximum Gasteiger partial charge on any atom is 0.237 e. The van der Waals surface area contributed by atoms with E-state index in [1.54, 1.807) is 12.3 Å². The fourth-order valence-electron chi connectivity index (χ4n) is 2.61. The van der Waals surface area contributed by atoms with Crippen molar-refractivity contribution in [1.29, 1.82) is 0 Å². The van der Waals surface area contributed by atoms with Crippen LogP contribution >= 0.6 is 0 Å². The number of hydrogen-bond donors (Lipinski definition) is 0. The van der Waals surface area contributed by atoms with Gasteiger partial charge in [0.05, 0.1) is 18.7 Å². The van der Waals surface area contributed by atoms with Gasteiger partial charge in [0, 0.05) is 12.0 Å². The van der Waals surface area contributed by atoms with Crippen molar-refractivity contribution in [3.05, 3.63) is 59.5 Å². The number of carbonyl (C=O) groups excluding carboxylic acids is 2. The molecule has 1 aromatic carbocycles. The Morgan fingerprint density at radius 3 is 2.60 bits per heavy atom. The summed E-state index contributed by atoms with van der Waals surface area (Å²) in [5.74, 6) is 0.0514. The molecule has 0 unspecified atom stereocenters. The monoisotopic (exact) mass is 269 g/mol. The second-order valence-electron chi connectivity index (χ2n) is 4.99. The van der Waals surface area contributed by atoms with Gasteiger partial charge in [0.1, 0.15) is 5.76 Å². The zero-order chi connectivity index (χ0) is 14.1. The van der Waals surface area contributed by atoms with E-state index in [1.807, 2.05) is 37.3 Å². The topological polar surface area (TPSA) is 50.5 Å². The van der Waals surface area contributed by atoms with Crippen molar-refractivity contribution in [2.75, 3.05) is 0 Å². The molecule has 1 atom stereocenters. The smallest absolute Gasteiger partial charge is 0.237 e. The fraction of sp³-hybridized carbons (Fsp3) is 0.250. The average Bonchev–Trinajstić information content (AvgIpc) is 2.98. The third kappa shape index (κ3) is 2.13. The minimum absolute atomic E-state index is 0.121. The van der Waals surface area contributed by atoms with Gasteiger partial charge >= 0.3 is 0 Å². The molecule has 2 aromatic rings. The molecule has 1 fully saturated rings. The van der Waals surface area contributed by atoms with E-state index in [2.05, 4.69) is 0 Å². The van der Waals surface area contributed by atoms with Crippen LogP contribution in [0.4, 0.5) is 0 Å². The molecular weight excluding hydrogens is 254 g/mol. The largest absolute Gasteiger partial charge is 0.469 e. The summed E-state index contributed by atoms with van der Waals surface area (Å²) >= 11 is 0. The molecule has 0 aliphatic carbocycles. The van der Waals surface area contributed by atoms with Gasteiger partial charge in [-0.05, 0) is 18.6 Å². The van der Waals surface area contributed by atoms with Crippen LogP contribution in [0.3, 0.4) is 0 Å². The quantitative estimate of drug-likeness (QED) is 0.805. The first-order valence-electron chi connectivity index (χ1n) is 6.59. The number of likely N-dealkylation sites (tertiary alicyclic amines) is 1. The first kappa shape index (κ1) is 12.7. The van der Waals surface area contributed by atoms with Crippen LogP contribution in [0.2, 0.25) is 0 Å². The minimum atomic E-state index is -0.398. The maximum atomic E-state index is 12.4. The SMILES string of the molecule is Cc1occc1[C@@H]1CC(=O)N(Cc2ccccc2)C1=O. The van der Waals surface area contributed by atoms with Gasteiger partial charge in [0.2, 0.25) is 11.8 Å². The minimum Gasteiger partial charge on any atom is -0.469 e. The molecule has 0 saturated carbocycles. The van der Waals surface area contributed by atoms with Gasteiger partial charge in [-0.15, -0.1) is 0 Å². The van der Waals surface area contributed by atoms with Gasteiger partial charge in [-0.3, -0.25) is 14.5 Å². The number of hydrogen-bond acceptors (Lipinski definition) is 3. The molecule has 0 N–H and O–H groups in total. The van der Waals surface area contributed by atoms with E-state index < -0.39 is 5.92 Å². The number of furan rings is 1. The summed E-state index contributed by atoms with van der Waals surface area (Å²) in [6, 6.07) is 11.3. The van der Waals surface area contributed by atoms with Crippen molar-refractivity contribution in [2.24, 2.45) is 0 Å². The third-order valence-electron chi connectivity index (χ3n) is 3.70. The molecule has 102 valence electrons. The van der Waals surface area contributed by atoms with Crippen LogP contribution in [-0.4, -0.2) is 16.7 Å². The summed E-state index contributed by atoms with van der Waals surface area (Å²) in [6.07, 6.45) is 1.79. The summed E-state index contributed by atoms with van der Waals surface area (Å²) in [5.41, 5.74) is 1.78. The summed E-state index contributed by atoms with van der Waals surface area (Å²) in [7, 11) is 0. The Kier molecular flexibility index (Phi) is 3.14. The van der Waals surface area contributed by atoms with E-state index in [9.17, 15) is 9.59 Å². The highest BCUT2D eigenvalue weighted by Crippen LogP contribution is 2.32. The summed E-state index contributed by atoms with van der Waals surface area (Å²) < 4.78 is 5.23. The Balaban J connectivity index is 1.83. The molecule has 2 heterocycles. The summed E-state index contributed by atoms with van der Waals surface area (Å²) in [5, 5.41) is 0. The van der Waals surface area contributed by atoms with E-state index in [0.29, 0.717) is 12.3 Å². The molecule has 1 aromatic heterocycles. The summed E-state index contributed by atoms with van der Waals surface area (Å²) in [6.45, 7) is 2.15. The number of aryl methyl sites for hydroxylation is 1. The van der Waals surface area contributed by atoms with Crippen LogP contribution in [0.1, 0.15) is 29.2 Å². The Hall–Kier alpha value is -2.36. The number of amides is 2. The van der Waals surface area contributed by atoms with Crippen molar-refractivity contribution >= 4 is 11.8 Å². The van der Waals surface area contributed by atoms with Crippen LogP contribution in [0.5, 0.6) is 0 Å². The molecule has 0 bridgehead atoms. The zero-order valence-corrected chi connectivity index (χ0v) is 11.2. The van der Waals surface area contributed by atoms with Gasteiger partial charge in [-0.1, -0.05) is 30.3 Å². The van der Waals surface area contributed by atoms with Crippen molar-refractivity contribution in [3.63, 3.8) is 0 Å². The lowest BCUT2D eigenvalue weighted by molar-refractivity contribution is -0.139. The van der Waals surface area contributed by atoms with Crippen molar-refractivity contribution in [3.8, 4) is 0 Å². The number of carbonyl (C=O) groups is 2. The van der Waals surface area contributed by atoms with Gasteiger partial charge < -0.3 is 4.42 Å². The van der Waals surface area contributed by atoms with E-state index in [-0.39, 0.29) is 18.2 Å². The van der Waals surface area contributed by atoms with Crippen LogP contribution in [-0.2, 0) is 16.1 Å².